The molecule has 0 aliphatic carbocycles. The molecule has 0 aliphatic rings. The fraction of sp³-hybridized carbons (Fsp3) is 0.278. The van der Waals surface area contributed by atoms with Gasteiger partial charge in [0.1, 0.15) is 12.4 Å². The van der Waals surface area contributed by atoms with Crippen LogP contribution in [0.3, 0.4) is 0 Å². The van der Waals surface area contributed by atoms with Crippen LogP contribution < -0.4 is 0 Å². The number of phenols is 1. The van der Waals surface area contributed by atoms with Gasteiger partial charge in [-0.1, -0.05) is 42.5 Å². The Balaban J connectivity index is 2.02. The standard InChI is InChI=1S/C18H21NO3/c1-3-19(14(2)16-10-7-11-17(20)12-16)18(21)22-13-15-8-5-4-6-9-15/h4-12,14,20H,3,13H2,1-2H3. The van der Waals surface area contributed by atoms with Crippen LogP contribution in [-0.4, -0.2) is 22.6 Å². The van der Waals surface area contributed by atoms with E-state index >= 15 is 0 Å². The maximum absolute atomic E-state index is 12.3. The second-order valence-corrected chi connectivity index (χ2v) is 5.10. The zero-order valence-electron chi connectivity index (χ0n) is 12.9. The molecule has 2 aromatic carbocycles. The lowest BCUT2D eigenvalue weighted by Gasteiger charge is -2.27. The van der Waals surface area contributed by atoms with Crippen molar-refractivity contribution in [2.75, 3.05) is 6.54 Å². The number of aromatic hydroxyl groups is 1. The van der Waals surface area contributed by atoms with Gasteiger partial charge >= 0.3 is 6.09 Å². The molecule has 22 heavy (non-hydrogen) atoms. The minimum atomic E-state index is -0.359. The van der Waals surface area contributed by atoms with E-state index in [1.807, 2.05) is 50.2 Å². The third kappa shape index (κ3) is 4.01. The van der Waals surface area contributed by atoms with Crippen LogP contribution in [0.1, 0.15) is 31.0 Å². The van der Waals surface area contributed by atoms with Gasteiger partial charge in [0.25, 0.3) is 0 Å². The highest BCUT2D eigenvalue weighted by Gasteiger charge is 2.21. The molecular weight excluding hydrogens is 278 g/mol. The van der Waals surface area contributed by atoms with E-state index in [4.69, 9.17) is 4.74 Å². The molecule has 1 unspecified atom stereocenters. The highest BCUT2D eigenvalue weighted by atomic mass is 16.6. The molecule has 0 aromatic heterocycles. The lowest BCUT2D eigenvalue weighted by Crippen LogP contribution is -2.33. The molecule has 0 saturated heterocycles. The van der Waals surface area contributed by atoms with E-state index in [9.17, 15) is 9.90 Å². The molecule has 1 amide bonds. The molecule has 0 saturated carbocycles. The highest BCUT2D eigenvalue weighted by Crippen LogP contribution is 2.24. The number of nitrogens with zero attached hydrogens (tertiary/aromatic N) is 1. The normalized spacial score (nSPS) is 11.7. The minimum Gasteiger partial charge on any atom is -0.508 e. The van der Waals surface area contributed by atoms with Crippen molar-refractivity contribution < 1.29 is 14.6 Å². The molecule has 0 radical (unpaired) electrons. The second kappa shape index (κ2) is 7.50. The maximum Gasteiger partial charge on any atom is 0.410 e. The van der Waals surface area contributed by atoms with Gasteiger partial charge in [0.2, 0.25) is 0 Å². The molecule has 4 heteroatoms. The molecule has 2 aromatic rings. The predicted molar refractivity (Wildman–Crippen MR) is 85.5 cm³/mol. The third-order valence-corrected chi connectivity index (χ3v) is 3.60. The van der Waals surface area contributed by atoms with Crippen molar-refractivity contribution in [3.05, 3.63) is 65.7 Å². The van der Waals surface area contributed by atoms with Gasteiger partial charge in [0, 0.05) is 6.54 Å². The summed E-state index contributed by atoms with van der Waals surface area (Å²) in [5.74, 6) is 0.193. The SMILES string of the molecule is CCN(C(=O)OCc1ccccc1)C(C)c1cccc(O)c1. The van der Waals surface area contributed by atoms with Gasteiger partial charge in [-0.25, -0.2) is 4.79 Å². The zero-order chi connectivity index (χ0) is 15.9. The molecule has 0 aliphatic heterocycles. The molecule has 1 N–H and O–H groups in total. The Morgan fingerprint density at radius 1 is 1.18 bits per heavy atom. The summed E-state index contributed by atoms with van der Waals surface area (Å²) < 4.78 is 5.38. The van der Waals surface area contributed by atoms with E-state index in [0.717, 1.165) is 11.1 Å². The van der Waals surface area contributed by atoms with Crippen LogP contribution in [0.5, 0.6) is 5.75 Å². The number of phenolic OH excluding ortho intramolecular Hbond substituents is 1. The van der Waals surface area contributed by atoms with Gasteiger partial charge in [-0.3, -0.25) is 0 Å². The van der Waals surface area contributed by atoms with Crippen LogP contribution in [-0.2, 0) is 11.3 Å². The fourth-order valence-electron chi connectivity index (χ4n) is 2.33. The Labute approximate surface area is 131 Å². The predicted octanol–water partition coefficient (Wildman–Crippen LogP) is 4.11. The molecular formula is C18H21NO3. The van der Waals surface area contributed by atoms with E-state index < -0.39 is 0 Å². The van der Waals surface area contributed by atoms with Crippen molar-refractivity contribution in [2.24, 2.45) is 0 Å². The molecule has 4 nitrogen and oxygen atoms in total. The molecule has 116 valence electrons. The smallest absolute Gasteiger partial charge is 0.410 e. The number of ether oxygens (including phenoxy) is 1. The van der Waals surface area contributed by atoms with E-state index in [-0.39, 0.29) is 24.5 Å². The maximum atomic E-state index is 12.3. The van der Waals surface area contributed by atoms with E-state index in [2.05, 4.69) is 0 Å². The summed E-state index contributed by atoms with van der Waals surface area (Å²) in [5.41, 5.74) is 1.83. The first-order valence-electron chi connectivity index (χ1n) is 7.38. The van der Waals surface area contributed by atoms with Crippen LogP contribution in [0.25, 0.3) is 0 Å². The van der Waals surface area contributed by atoms with Crippen molar-refractivity contribution in [2.45, 2.75) is 26.5 Å². The molecule has 0 spiro atoms. The quantitative estimate of drug-likeness (QED) is 0.903. The van der Waals surface area contributed by atoms with E-state index in [1.165, 1.54) is 0 Å². The Morgan fingerprint density at radius 3 is 2.55 bits per heavy atom. The van der Waals surface area contributed by atoms with Gasteiger partial charge < -0.3 is 14.7 Å². The molecule has 0 bridgehead atoms. The largest absolute Gasteiger partial charge is 0.508 e. The van der Waals surface area contributed by atoms with Crippen LogP contribution in [0.15, 0.2) is 54.6 Å². The van der Waals surface area contributed by atoms with Crippen molar-refractivity contribution >= 4 is 6.09 Å². The van der Waals surface area contributed by atoms with Gasteiger partial charge in [-0.05, 0) is 37.1 Å². The molecule has 2 rings (SSSR count). The number of benzene rings is 2. The second-order valence-electron chi connectivity index (χ2n) is 5.10. The summed E-state index contributed by atoms with van der Waals surface area (Å²) >= 11 is 0. The number of hydrogen-bond donors (Lipinski definition) is 1. The fourth-order valence-corrected chi connectivity index (χ4v) is 2.33. The monoisotopic (exact) mass is 299 g/mol. The first kappa shape index (κ1) is 15.9. The first-order valence-corrected chi connectivity index (χ1v) is 7.38. The lowest BCUT2D eigenvalue weighted by molar-refractivity contribution is 0.0852. The Bertz CT molecular complexity index is 613. The summed E-state index contributed by atoms with van der Waals surface area (Å²) in [6.07, 6.45) is -0.359. The molecule has 1 atom stereocenters. The Morgan fingerprint density at radius 2 is 1.91 bits per heavy atom. The first-order chi connectivity index (χ1) is 10.6. The summed E-state index contributed by atoms with van der Waals surface area (Å²) in [6, 6.07) is 16.4. The summed E-state index contributed by atoms with van der Waals surface area (Å²) in [7, 11) is 0. The van der Waals surface area contributed by atoms with Crippen LogP contribution in [0.2, 0.25) is 0 Å². The highest BCUT2D eigenvalue weighted by molar-refractivity contribution is 5.68. The number of carbonyl (C=O) groups excluding carboxylic acids is 1. The number of carbonyl (C=O) groups is 1. The van der Waals surface area contributed by atoms with Crippen molar-refractivity contribution in [1.29, 1.82) is 0 Å². The van der Waals surface area contributed by atoms with E-state index in [1.54, 1.807) is 23.1 Å². The topological polar surface area (TPSA) is 49.8 Å². The van der Waals surface area contributed by atoms with Crippen LogP contribution >= 0.6 is 0 Å². The lowest BCUT2D eigenvalue weighted by atomic mass is 10.1. The van der Waals surface area contributed by atoms with E-state index in [0.29, 0.717) is 6.54 Å². The average molecular weight is 299 g/mol. The summed E-state index contributed by atoms with van der Waals surface area (Å²) in [4.78, 5) is 13.9. The number of amides is 1. The number of hydrogen-bond acceptors (Lipinski definition) is 3. The summed E-state index contributed by atoms with van der Waals surface area (Å²) in [6.45, 7) is 4.61. The molecule has 0 fully saturated rings. The minimum absolute atomic E-state index is 0.166. The third-order valence-electron chi connectivity index (χ3n) is 3.60. The van der Waals surface area contributed by atoms with Crippen molar-refractivity contribution in [3.63, 3.8) is 0 Å². The molecule has 0 heterocycles. The Kier molecular flexibility index (Phi) is 5.42. The van der Waals surface area contributed by atoms with Gasteiger partial charge in [-0.2, -0.15) is 0 Å². The summed E-state index contributed by atoms with van der Waals surface area (Å²) in [5, 5.41) is 9.57. The van der Waals surface area contributed by atoms with Crippen LogP contribution in [0.4, 0.5) is 4.79 Å². The van der Waals surface area contributed by atoms with Gasteiger partial charge in [-0.15, -0.1) is 0 Å². The average Bonchev–Trinajstić information content (AvgIpc) is 2.54. The van der Waals surface area contributed by atoms with Crippen LogP contribution in [0, 0.1) is 0 Å². The Hall–Kier alpha value is -2.49. The zero-order valence-corrected chi connectivity index (χ0v) is 12.9. The van der Waals surface area contributed by atoms with Gasteiger partial charge in [0.15, 0.2) is 0 Å². The number of rotatable bonds is 5. The van der Waals surface area contributed by atoms with Gasteiger partial charge in [0.05, 0.1) is 6.04 Å². The van der Waals surface area contributed by atoms with Crippen molar-refractivity contribution in [1.82, 2.24) is 4.90 Å². The van der Waals surface area contributed by atoms with Crippen molar-refractivity contribution in [3.8, 4) is 5.75 Å².